The van der Waals surface area contributed by atoms with Crippen molar-refractivity contribution in [2.45, 2.75) is 46.1 Å². The van der Waals surface area contributed by atoms with Gasteiger partial charge in [-0.2, -0.15) is 0 Å². The molecule has 0 spiro atoms. The number of nitrogens with one attached hydrogen (secondary N) is 1. The Hall–Kier alpha value is -2.53. The summed E-state index contributed by atoms with van der Waals surface area (Å²) in [7, 11) is 1.67. The minimum absolute atomic E-state index is 0.0167. The highest BCUT2D eigenvalue weighted by molar-refractivity contribution is 5.98. The molecule has 0 aliphatic heterocycles. The van der Waals surface area contributed by atoms with E-state index in [1.807, 2.05) is 39.0 Å². The van der Waals surface area contributed by atoms with Gasteiger partial charge in [0.25, 0.3) is 0 Å². The van der Waals surface area contributed by atoms with Crippen LogP contribution < -0.4 is 11.1 Å². The monoisotopic (exact) mass is 369 g/mol. The summed E-state index contributed by atoms with van der Waals surface area (Å²) in [5.41, 5.74) is 9.49. The predicted molar refractivity (Wildman–Crippen MR) is 110 cm³/mol. The third-order valence-corrected chi connectivity index (χ3v) is 4.56. The molecule has 2 aromatic carbocycles. The number of aliphatic imine (C=N–C) groups is 1. The summed E-state index contributed by atoms with van der Waals surface area (Å²) in [5.74, 6) is 0.380. The molecule has 0 fully saturated rings. The first kappa shape index (κ1) is 20.8. The summed E-state index contributed by atoms with van der Waals surface area (Å²) in [4.78, 5) is 15.6. The van der Waals surface area contributed by atoms with E-state index in [0.29, 0.717) is 23.4 Å². The maximum absolute atomic E-state index is 14.7. The number of hydrogen-bond acceptors (Lipinski definition) is 3. The number of hydrogen-bond donors (Lipinski definition) is 2. The van der Waals surface area contributed by atoms with Gasteiger partial charge in [-0.1, -0.05) is 13.0 Å². The smallest absolute Gasteiger partial charge is 0.159 e. The van der Waals surface area contributed by atoms with Crippen LogP contribution in [0.3, 0.4) is 0 Å². The number of halogens is 1. The number of rotatable bonds is 6. The molecule has 0 aliphatic rings. The Bertz CT molecular complexity index is 849. The molecule has 5 heteroatoms. The Morgan fingerprint density at radius 3 is 2.30 bits per heavy atom. The van der Waals surface area contributed by atoms with Crippen LogP contribution in [0.2, 0.25) is 0 Å². The average molecular weight is 369 g/mol. The Morgan fingerprint density at radius 2 is 1.81 bits per heavy atom. The van der Waals surface area contributed by atoms with E-state index in [1.54, 1.807) is 25.2 Å². The molecule has 0 unspecified atom stereocenters. The third-order valence-electron chi connectivity index (χ3n) is 4.56. The predicted octanol–water partition coefficient (Wildman–Crippen LogP) is 4.47. The minimum Gasteiger partial charge on any atom is -0.344 e. The van der Waals surface area contributed by atoms with Crippen LogP contribution >= 0.6 is 0 Å². The Morgan fingerprint density at radius 1 is 1.19 bits per heavy atom. The lowest BCUT2D eigenvalue weighted by Crippen LogP contribution is -2.30. The van der Waals surface area contributed by atoms with E-state index in [-0.39, 0.29) is 11.6 Å². The fraction of sp³-hybridized carbons (Fsp3) is 0.364. The summed E-state index contributed by atoms with van der Waals surface area (Å²) in [6, 6.07) is 10.6. The lowest BCUT2D eigenvalue weighted by Gasteiger charge is -2.24. The fourth-order valence-electron chi connectivity index (χ4n) is 3.01. The number of amidine groups is 1. The van der Waals surface area contributed by atoms with Crippen LogP contribution in [0.5, 0.6) is 0 Å². The van der Waals surface area contributed by atoms with Crippen molar-refractivity contribution in [2.75, 3.05) is 12.4 Å². The summed E-state index contributed by atoms with van der Waals surface area (Å²) in [5, 5.41) is 3.20. The maximum Gasteiger partial charge on any atom is 0.159 e. The van der Waals surface area contributed by atoms with Crippen molar-refractivity contribution < 1.29 is 9.18 Å². The summed E-state index contributed by atoms with van der Waals surface area (Å²) in [6.45, 7) is 7.33. The zero-order chi connectivity index (χ0) is 20.2. The Labute approximate surface area is 160 Å². The van der Waals surface area contributed by atoms with Crippen molar-refractivity contribution in [1.29, 1.82) is 0 Å². The van der Waals surface area contributed by atoms with Crippen LogP contribution in [0.1, 0.15) is 54.7 Å². The number of aryl methyl sites for hydroxylation is 1. The van der Waals surface area contributed by atoms with Gasteiger partial charge in [0.15, 0.2) is 5.78 Å². The first-order valence-electron chi connectivity index (χ1n) is 9.10. The van der Waals surface area contributed by atoms with Crippen molar-refractivity contribution in [2.24, 2.45) is 10.7 Å². The molecule has 4 nitrogen and oxygen atoms in total. The van der Waals surface area contributed by atoms with Gasteiger partial charge in [-0.3, -0.25) is 9.79 Å². The van der Waals surface area contributed by atoms with Crippen LogP contribution in [-0.4, -0.2) is 18.7 Å². The van der Waals surface area contributed by atoms with Crippen LogP contribution in [0.25, 0.3) is 0 Å². The quantitative estimate of drug-likeness (QED) is 0.448. The van der Waals surface area contributed by atoms with E-state index < -0.39 is 5.54 Å². The molecule has 27 heavy (non-hydrogen) atoms. The molecular weight excluding hydrogens is 341 g/mol. The normalized spacial score (nSPS) is 12.2. The zero-order valence-corrected chi connectivity index (χ0v) is 16.7. The molecule has 0 radical (unpaired) electrons. The molecule has 2 aromatic rings. The summed E-state index contributed by atoms with van der Waals surface area (Å²) < 4.78 is 14.7. The lowest BCUT2D eigenvalue weighted by molar-refractivity contribution is 0.101. The number of anilines is 1. The Balaban J connectivity index is 2.24. The molecule has 0 aliphatic carbocycles. The first-order chi connectivity index (χ1) is 12.7. The van der Waals surface area contributed by atoms with Gasteiger partial charge in [0, 0.05) is 30.3 Å². The van der Waals surface area contributed by atoms with Crippen molar-refractivity contribution >= 4 is 17.3 Å². The lowest BCUT2D eigenvalue weighted by atomic mass is 9.88. The second kappa shape index (κ2) is 8.44. The van der Waals surface area contributed by atoms with Gasteiger partial charge in [0.05, 0.1) is 0 Å². The molecule has 0 bridgehead atoms. The first-order valence-corrected chi connectivity index (χ1v) is 9.10. The molecule has 0 saturated carbocycles. The number of carbonyl (C=O) groups excluding carboxylic acids is 1. The number of Topliss-reactive ketones (excluding diaryl/α,β-unsaturated/α-hetero) is 1. The van der Waals surface area contributed by atoms with Gasteiger partial charge in [0.1, 0.15) is 11.7 Å². The van der Waals surface area contributed by atoms with Gasteiger partial charge in [-0.15, -0.1) is 0 Å². The fourth-order valence-corrected chi connectivity index (χ4v) is 3.01. The van der Waals surface area contributed by atoms with Crippen molar-refractivity contribution in [3.8, 4) is 0 Å². The van der Waals surface area contributed by atoms with E-state index in [1.165, 1.54) is 6.92 Å². The van der Waals surface area contributed by atoms with Crippen LogP contribution in [0.15, 0.2) is 41.4 Å². The highest BCUT2D eigenvalue weighted by Crippen LogP contribution is 2.26. The van der Waals surface area contributed by atoms with E-state index in [4.69, 9.17) is 5.73 Å². The van der Waals surface area contributed by atoms with E-state index in [0.717, 1.165) is 23.2 Å². The highest BCUT2D eigenvalue weighted by atomic mass is 19.1. The van der Waals surface area contributed by atoms with E-state index >= 15 is 0 Å². The van der Waals surface area contributed by atoms with Gasteiger partial charge in [-0.25, -0.2) is 4.39 Å². The number of nitrogens with zero attached hydrogens (tertiary/aromatic N) is 1. The number of carbonyl (C=O) groups is 1. The number of benzene rings is 2. The Kier molecular flexibility index (Phi) is 6.50. The summed E-state index contributed by atoms with van der Waals surface area (Å²) in [6.07, 6.45) is 1.12. The largest absolute Gasteiger partial charge is 0.344 e. The highest BCUT2D eigenvalue weighted by Gasteiger charge is 2.20. The van der Waals surface area contributed by atoms with Gasteiger partial charge < -0.3 is 11.1 Å². The average Bonchev–Trinajstić information content (AvgIpc) is 2.61. The van der Waals surface area contributed by atoms with E-state index in [9.17, 15) is 9.18 Å². The minimum atomic E-state index is -0.594. The topological polar surface area (TPSA) is 67.5 Å². The molecule has 0 aromatic heterocycles. The zero-order valence-electron chi connectivity index (χ0n) is 16.7. The number of nitrogens with two attached hydrogens (primary N) is 1. The van der Waals surface area contributed by atoms with Crippen molar-refractivity contribution in [3.63, 3.8) is 0 Å². The van der Waals surface area contributed by atoms with Crippen LogP contribution in [0, 0.1) is 5.82 Å². The standard InChI is InChI=1S/C22H28FN3O/c1-6-15-11-17(20(23)13-19(15)22(3,4)24)12-21(25-5)26-18-9-7-16(8-10-18)14(2)27/h7-11,13H,6,12,24H2,1-5H3,(H,25,26). The molecule has 2 rings (SSSR count). The van der Waals surface area contributed by atoms with Gasteiger partial charge in [-0.05, 0) is 74.2 Å². The molecule has 0 atom stereocenters. The number of ketones is 1. The molecule has 0 amide bonds. The second-order valence-electron chi connectivity index (χ2n) is 7.28. The third kappa shape index (κ3) is 5.23. The van der Waals surface area contributed by atoms with Crippen molar-refractivity contribution in [1.82, 2.24) is 0 Å². The summed E-state index contributed by atoms with van der Waals surface area (Å²) >= 11 is 0. The molecule has 0 heterocycles. The van der Waals surface area contributed by atoms with Crippen molar-refractivity contribution in [3.05, 3.63) is 64.5 Å². The SMILES string of the molecule is CCc1cc(CC(=NC)Nc2ccc(C(C)=O)cc2)c(F)cc1C(C)(C)N. The molecular formula is C22H28FN3O. The van der Waals surface area contributed by atoms with Crippen LogP contribution in [0.4, 0.5) is 10.1 Å². The second-order valence-corrected chi connectivity index (χ2v) is 7.28. The van der Waals surface area contributed by atoms with E-state index in [2.05, 4.69) is 10.3 Å². The van der Waals surface area contributed by atoms with Crippen LogP contribution in [-0.2, 0) is 18.4 Å². The van der Waals surface area contributed by atoms with Gasteiger partial charge in [0.2, 0.25) is 0 Å². The van der Waals surface area contributed by atoms with Gasteiger partial charge >= 0.3 is 0 Å². The molecule has 0 saturated heterocycles. The maximum atomic E-state index is 14.7. The molecule has 144 valence electrons. The molecule has 3 N–H and O–H groups in total.